The molecule has 5 N–H and O–H groups in total. The molecule has 0 radical (unpaired) electrons. The Hall–Kier alpha value is -2.90. The predicted octanol–water partition coefficient (Wildman–Crippen LogP) is 3.44. The maximum atomic E-state index is 14.0. The molecule has 2 aliphatic rings. The molecule has 0 spiro atoms. The van der Waals surface area contributed by atoms with Gasteiger partial charge in [0.25, 0.3) is 0 Å². The summed E-state index contributed by atoms with van der Waals surface area (Å²) in [7, 11) is -4.03. The van der Waals surface area contributed by atoms with Gasteiger partial charge < -0.3 is 35.7 Å². The van der Waals surface area contributed by atoms with E-state index >= 15 is 0 Å². The normalized spacial score (nSPS) is 21.6. The third-order valence-electron chi connectivity index (χ3n) is 7.63. The highest BCUT2D eigenvalue weighted by molar-refractivity contribution is 7.89. The van der Waals surface area contributed by atoms with Gasteiger partial charge in [-0.3, -0.25) is 0 Å². The van der Waals surface area contributed by atoms with Crippen LogP contribution in [-0.2, 0) is 30.7 Å². The second-order valence-corrected chi connectivity index (χ2v) is 14.2. The second kappa shape index (κ2) is 14.7. The van der Waals surface area contributed by atoms with Gasteiger partial charge in [0.1, 0.15) is 6.10 Å². The molecule has 12 heteroatoms. The third-order valence-corrected chi connectivity index (χ3v) is 9.46. The van der Waals surface area contributed by atoms with Crippen LogP contribution in [0.25, 0.3) is 0 Å². The van der Waals surface area contributed by atoms with Gasteiger partial charge in [-0.2, -0.15) is 4.31 Å². The topological polar surface area (TPSA) is 152 Å². The van der Waals surface area contributed by atoms with Gasteiger partial charge in [0.2, 0.25) is 10.0 Å². The van der Waals surface area contributed by atoms with Crippen molar-refractivity contribution in [1.82, 2.24) is 9.62 Å². The van der Waals surface area contributed by atoms with Crippen LogP contribution in [0.5, 0.6) is 0 Å². The number of sulfonamides is 1. The van der Waals surface area contributed by atoms with E-state index in [0.717, 1.165) is 12.0 Å². The number of nitrogens with one attached hydrogen (secondary N) is 2. The molecule has 4 rings (SSSR count). The number of fused-ring (bicyclic) bond motifs is 1. The molecule has 2 saturated heterocycles. The number of alkyl carbamates (subject to hydrolysis) is 1. The summed E-state index contributed by atoms with van der Waals surface area (Å²) in [5, 5.41) is 17.5. The van der Waals surface area contributed by atoms with E-state index in [0.29, 0.717) is 30.4 Å². The summed E-state index contributed by atoms with van der Waals surface area (Å²) in [5.74, 6) is 0.278. The molecule has 2 heterocycles. The summed E-state index contributed by atoms with van der Waals surface area (Å²) in [5.41, 5.74) is 7.98. The van der Waals surface area contributed by atoms with Gasteiger partial charge in [0, 0.05) is 19.6 Å². The number of carbonyl (C=O) groups is 1. The van der Waals surface area contributed by atoms with Gasteiger partial charge in [-0.15, -0.1) is 0 Å². The van der Waals surface area contributed by atoms with E-state index in [4.69, 9.17) is 19.9 Å². The zero-order chi connectivity index (χ0) is 31.1. The number of rotatable bonds is 14. The Bertz CT molecular complexity index is 1310. The van der Waals surface area contributed by atoms with Crippen molar-refractivity contribution in [1.29, 1.82) is 0 Å². The van der Waals surface area contributed by atoms with Crippen LogP contribution in [0, 0.1) is 17.8 Å². The van der Waals surface area contributed by atoms with Gasteiger partial charge >= 0.3 is 6.09 Å². The van der Waals surface area contributed by atoms with E-state index in [-0.39, 0.29) is 49.1 Å². The predicted molar refractivity (Wildman–Crippen MR) is 165 cm³/mol. The molecule has 2 aliphatic heterocycles. The Balaban J connectivity index is 1.53. The molecule has 0 unspecified atom stereocenters. The van der Waals surface area contributed by atoms with Crippen LogP contribution in [0.15, 0.2) is 53.4 Å². The smallest absolute Gasteiger partial charge is 0.407 e. The number of anilines is 2. The number of aliphatic hydroxyl groups is 1. The summed E-state index contributed by atoms with van der Waals surface area (Å²) in [6, 6.07) is 13.2. The number of nitrogens with zero attached hydrogens (tertiary/aromatic N) is 1. The first kappa shape index (κ1) is 33.0. The first-order chi connectivity index (χ1) is 20.4. The number of ether oxygens (including phenoxy) is 3. The summed E-state index contributed by atoms with van der Waals surface area (Å²) in [6.07, 6.45) is -1.75. The minimum absolute atomic E-state index is 0.0243. The van der Waals surface area contributed by atoms with Crippen LogP contribution in [0.2, 0.25) is 0 Å². The first-order valence-electron chi connectivity index (χ1n) is 15.0. The largest absolute Gasteiger partial charge is 0.443 e. The van der Waals surface area contributed by atoms with Crippen LogP contribution >= 0.6 is 0 Å². The zero-order valence-electron chi connectivity index (χ0n) is 25.4. The van der Waals surface area contributed by atoms with Crippen molar-refractivity contribution in [3.63, 3.8) is 0 Å². The molecule has 1 amide bonds. The summed E-state index contributed by atoms with van der Waals surface area (Å²) < 4.78 is 46.0. The Morgan fingerprint density at radius 1 is 1.09 bits per heavy atom. The van der Waals surface area contributed by atoms with E-state index in [9.17, 15) is 18.3 Å². The number of amides is 1. The minimum Gasteiger partial charge on any atom is -0.443 e. The highest BCUT2D eigenvalue weighted by Gasteiger charge is 2.44. The van der Waals surface area contributed by atoms with Gasteiger partial charge in [0.15, 0.2) is 6.29 Å². The maximum absolute atomic E-state index is 14.0. The number of nitrogen functional groups attached to an aromatic ring is 1. The van der Waals surface area contributed by atoms with E-state index in [2.05, 4.69) is 10.6 Å². The Kier molecular flexibility index (Phi) is 11.3. The minimum atomic E-state index is -4.03. The highest BCUT2D eigenvalue weighted by Crippen LogP contribution is 2.33. The van der Waals surface area contributed by atoms with Crippen molar-refractivity contribution in [3.8, 4) is 0 Å². The molecular formula is C31H46N4O7S. The molecular weight excluding hydrogens is 572 g/mol. The number of hydrogen-bond donors (Lipinski definition) is 4. The van der Waals surface area contributed by atoms with E-state index < -0.39 is 34.4 Å². The van der Waals surface area contributed by atoms with E-state index in [1.165, 1.54) is 16.4 Å². The molecule has 11 nitrogen and oxygen atoms in total. The fraction of sp³-hybridized carbons (Fsp3) is 0.581. The average molecular weight is 619 g/mol. The number of nitrogens with two attached hydrogens (primary N) is 1. The van der Waals surface area contributed by atoms with Crippen molar-refractivity contribution in [2.45, 2.75) is 70.0 Å². The monoisotopic (exact) mass is 618 g/mol. The van der Waals surface area contributed by atoms with Crippen molar-refractivity contribution >= 4 is 27.5 Å². The van der Waals surface area contributed by atoms with Gasteiger partial charge in [-0.05, 0) is 48.4 Å². The SMILES string of the molecule is CC(C)CNc1cc(S(=O)(=O)N(CC(C)C)C[C@@H](O)[C@H](Cc2ccccc2)NC(=O)O[C@H]2CO[C@H]3OCC[C@H]32)ccc1N. The fourth-order valence-corrected chi connectivity index (χ4v) is 7.00. The maximum Gasteiger partial charge on any atom is 0.407 e. The standard InChI is InChI=1S/C31H46N4O7S/c1-20(2)16-33-26-15-23(10-11-25(26)32)43(38,39)35(17-21(3)4)18-28(36)27(14-22-8-6-5-7-9-22)34-31(37)42-29-19-41-30-24(29)12-13-40-30/h5-11,15,20-21,24,27-30,33,36H,12-14,16-19,32H2,1-4H3,(H,34,37)/t24-,27-,28+,29-,30+/m0/s1. The summed E-state index contributed by atoms with van der Waals surface area (Å²) in [6.45, 7) is 9.28. The average Bonchev–Trinajstić information content (AvgIpc) is 3.57. The second-order valence-electron chi connectivity index (χ2n) is 12.2. The molecule has 0 aromatic heterocycles. The third kappa shape index (κ3) is 8.82. The van der Waals surface area contributed by atoms with Gasteiger partial charge in [-0.25, -0.2) is 13.2 Å². The first-order valence-corrected chi connectivity index (χ1v) is 16.4. The lowest BCUT2D eigenvalue weighted by molar-refractivity contribution is -0.0907. The van der Waals surface area contributed by atoms with Crippen molar-refractivity contribution < 1.29 is 32.5 Å². The van der Waals surface area contributed by atoms with Crippen LogP contribution in [-0.4, -0.2) is 81.3 Å². The van der Waals surface area contributed by atoms with E-state index in [1.54, 1.807) is 6.07 Å². The number of hydrogen-bond acceptors (Lipinski definition) is 9. The van der Waals surface area contributed by atoms with Crippen molar-refractivity contribution in [3.05, 3.63) is 54.1 Å². The van der Waals surface area contributed by atoms with Crippen LogP contribution < -0.4 is 16.4 Å². The molecule has 2 fully saturated rings. The van der Waals surface area contributed by atoms with Crippen LogP contribution in [0.3, 0.4) is 0 Å². The van der Waals surface area contributed by atoms with Crippen molar-refractivity contribution in [2.75, 3.05) is 43.9 Å². The Labute approximate surface area is 255 Å². The Morgan fingerprint density at radius 3 is 2.53 bits per heavy atom. The quantitative estimate of drug-likeness (QED) is 0.233. The molecule has 0 aliphatic carbocycles. The fourth-order valence-electron chi connectivity index (χ4n) is 5.35. The molecule has 2 aromatic carbocycles. The van der Waals surface area contributed by atoms with Gasteiger partial charge in [-0.1, -0.05) is 58.0 Å². The number of carbonyl (C=O) groups excluding carboxylic acids is 1. The van der Waals surface area contributed by atoms with Gasteiger partial charge in [0.05, 0.1) is 47.5 Å². The van der Waals surface area contributed by atoms with Crippen LogP contribution in [0.4, 0.5) is 16.2 Å². The Morgan fingerprint density at radius 2 is 1.84 bits per heavy atom. The lowest BCUT2D eigenvalue weighted by Gasteiger charge is -2.31. The molecule has 43 heavy (non-hydrogen) atoms. The molecule has 0 bridgehead atoms. The molecule has 0 saturated carbocycles. The summed E-state index contributed by atoms with van der Waals surface area (Å²) >= 11 is 0. The molecule has 238 valence electrons. The van der Waals surface area contributed by atoms with E-state index in [1.807, 2.05) is 58.0 Å². The zero-order valence-corrected chi connectivity index (χ0v) is 26.3. The lowest BCUT2D eigenvalue weighted by Crippen LogP contribution is -2.51. The molecule has 5 atom stereocenters. The number of aliphatic hydroxyl groups excluding tert-OH is 1. The molecule has 2 aromatic rings. The number of benzene rings is 2. The highest BCUT2D eigenvalue weighted by atomic mass is 32.2. The summed E-state index contributed by atoms with van der Waals surface area (Å²) in [4.78, 5) is 13.1. The lowest BCUT2D eigenvalue weighted by atomic mass is 10.0. The van der Waals surface area contributed by atoms with Crippen LogP contribution in [0.1, 0.15) is 39.7 Å². The van der Waals surface area contributed by atoms with Crippen molar-refractivity contribution in [2.24, 2.45) is 17.8 Å².